The molecule has 0 bridgehead atoms. The van der Waals surface area contributed by atoms with Crippen LogP contribution < -0.4 is 5.32 Å². The highest BCUT2D eigenvalue weighted by atomic mass is 19.2. The van der Waals surface area contributed by atoms with Crippen LogP contribution in [0, 0.1) is 17.6 Å². The summed E-state index contributed by atoms with van der Waals surface area (Å²) in [6.45, 7) is 4.17. The van der Waals surface area contributed by atoms with E-state index in [9.17, 15) is 8.78 Å². The molecule has 2 atom stereocenters. The van der Waals surface area contributed by atoms with Crippen LogP contribution >= 0.6 is 0 Å². The molecule has 1 N–H and O–H groups in total. The zero-order chi connectivity index (χ0) is 13.1. The maximum atomic E-state index is 13.2. The minimum absolute atomic E-state index is 0.0591. The number of benzene rings is 1. The molecule has 0 saturated heterocycles. The van der Waals surface area contributed by atoms with Gasteiger partial charge in [-0.15, -0.1) is 0 Å². The Morgan fingerprint density at radius 1 is 1.28 bits per heavy atom. The zero-order valence-electron chi connectivity index (χ0n) is 11.0. The van der Waals surface area contributed by atoms with E-state index in [1.165, 1.54) is 31.4 Å². The summed E-state index contributed by atoms with van der Waals surface area (Å²) in [5, 5.41) is 3.51. The maximum absolute atomic E-state index is 13.2. The Kier molecular flexibility index (Phi) is 4.33. The van der Waals surface area contributed by atoms with Crippen molar-refractivity contribution in [1.29, 1.82) is 0 Å². The van der Waals surface area contributed by atoms with E-state index in [0.29, 0.717) is 6.04 Å². The molecule has 1 aliphatic carbocycles. The molecular formula is C15H21F2N. The summed E-state index contributed by atoms with van der Waals surface area (Å²) in [5.74, 6) is -0.674. The van der Waals surface area contributed by atoms with Gasteiger partial charge in [0.25, 0.3) is 0 Å². The zero-order valence-corrected chi connectivity index (χ0v) is 11.0. The molecule has 0 heterocycles. The molecule has 1 saturated carbocycles. The summed E-state index contributed by atoms with van der Waals surface area (Å²) in [4.78, 5) is 0. The van der Waals surface area contributed by atoms with E-state index in [1.807, 2.05) is 6.92 Å². The first kappa shape index (κ1) is 13.5. The Morgan fingerprint density at radius 2 is 2.00 bits per heavy atom. The Bertz CT molecular complexity index is 401. The van der Waals surface area contributed by atoms with E-state index >= 15 is 0 Å². The van der Waals surface area contributed by atoms with Crippen LogP contribution in [0.15, 0.2) is 18.2 Å². The monoisotopic (exact) mass is 253 g/mol. The molecule has 0 spiro atoms. The predicted molar refractivity (Wildman–Crippen MR) is 69.3 cm³/mol. The van der Waals surface area contributed by atoms with E-state index in [-0.39, 0.29) is 6.04 Å². The van der Waals surface area contributed by atoms with Gasteiger partial charge in [0.05, 0.1) is 0 Å². The first-order valence-corrected chi connectivity index (χ1v) is 6.81. The van der Waals surface area contributed by atoms with E-state index < -0.39 is 11.6 Å². The van der Waals surface area contributed by atoms with Crippen molar-refractivity contribution in [3.8, 4) is 0 Å². The third kappa shape index (κ3) is 3.52. The van der Waals surface area contributed by atoms with Crippen LogP contribution in [-0.4, -0.2) is 6.04 Å². The van der Waals surface area contributed by atoms with Crippen molar-refractivity contribution in [3.05, 3.63) is 35.4 Å². The number of halogens is 2. The fraction of sp³-hybridized carbons (Fsp3) is 0.600. The van der Waals surface area contributed by atoms with Crippen LogP contribution in [0.1, 0.15) is 51.1 Å². The molecule has 1 fully saturated rings. The highest BCUT2D eigenvalue weighted by Gasteiger charge is 2.25. The minimum atomic E-state index is -0.782. The third-order valence-corrected chi connectivity index (χ3v) is 3.74. The van der Waals surface area contributed by atoms with Crippen LogP contribution in [0.5, 0.6) is 0 Å². The normalized spacial score (nSPS) is 18.7. The molecule has 18 heavy (non-hydrogen) atoms. The molecule has 1 aromatic rings. The van der Waals surface area contributed by atoms with Crippen molar-refractivity contribution in [1.82, 2.24) is 5.32 Å². The minimum Gasteiger partial charge on any atom is -0.307 e. The topological polar surface area (TPSA) is 12.0 Å². The molecule has 2 unspecified atom stereocenters. The lowest BCUT2D eigenvalue weighted by Gasteiger charge is -2.22. The number of hydrogen-bond acceptors (Lipinski definition) is 1. The van der Waals surface area contributed by atoms with Crippen LogP contribution in [0.3, 0.4) is 0 Å². The van der Waals surface area contributed by atoms with E-state index in [1.54, 1.807) is 6.07 Å². The summed E-state index contributed by atoms with van der Waals surface area (Å²) in [6, 6.07) is 4.67. The molecule has 3 heteroatoms. The highest BCUT2D eigenvalue weighted by molar-refractivity contribution is 5.20. The van der Waals surface area contributed by atoms with Gasteiger partial charge in [0.2, 0.25) is 0 Å². The van der Waals surface area contributed by atoms with Crippen molar-refractivity contribution in [3.63, 3.8) is 0 Å². The highest BCUT2D eigenvalue weighted by Crippen LogP contribution is 2.34. The van der Waals surface area contributed by atoms with Gasteiger partial charge in [-0.05, 0) is 43.4 Å². The summed E-state index contributed by atoms with van der Waals surface area (Å²) in [7, 11) is 0. The standard InChI is InChI=1S/C15H21F2N/c1-3-13(8-11-4-5-11)18-10(2)12-6-7-14(16)15(17)9-12/h6-7,9-11,13,18H,3-5,8H2,1-2H3. The molecule has 1 aliphatic rings. The fourth-order valence-electron chi connectivity index (χ4n) is 2.34. The molecule has 0 aliphatic heterocycles. The van der Waals surface area contributed by atoms with Gasteiger partial charge >= 0.3 is 0 Å². The molecule has 1 nitrogen and oxygen atoms in total. The number of hydrogen-bond donors (Lipinski definition) is 1. The van der Waals surface area contributed by atoms with Crippen molar-refractivity contribution in [2.24, 2.45) is 5.92 Å². The summed E-state index contributed by atoms with van der Waals surface area (Å²) in [6.07, 6.45) is 4.96. The molecule has 1 aromatic carbocycles. The lowest BCUT2D eigenvalue weighted by Crippen LogP contribution is -2.31. The number of rotatable bonds is 6. The Balaban J connectivity index is 1.96. The first-order valence-electron chi connectivity index (χ1n) is 6.81. The lowest BCUT2D eigenvalue weighted by molar-refractivity contribution is 0.402. The van der Waals surface area contributed by atoms with Crippen LogP contribution in [0.25, 0.3) is 0 Å². The third-order valence-electron chi connectivity index (χ3n) is 3.74. The van der Waals surface area contributed by atoms with E-state index in [4.69, 9.17) is 0 Å². The molecule has 0 aromatic heterocycles. The van der Waals surface area contributed by atoms with Crippen molar-refractivity contribution in [2.45, 2.75) is 51.6 Å². The van der Waals surface area contributed by atoms with Crippen molar-refractivity contribution in [2.75, 3.05) is 0 Å². The van der Waals surface area contributed by atoms with Crippen LogP contribution in [-0.2, 0) is 0 Å². The van der Waals surface area contributed by atoms with Gasteiger partial charge in [0.15, 0.2) is 11.6 Å². The largest absolute Gasteiger partial charge is 0.307 e. The fourth-order valence-corrected chi connectivity index (χ4v) is 2.34. The molecule has 0 amide bonds. The Labute approximate surface area is 108 Å². The first-order chi connectivity index (χ1) is 8.60. The van der Waals surface area contributed by atoms with Gasteiger partial charge in [-0.3, -0.25) is 0 Å². The van der Waals surface area contributed by atoms with Crippen LogP contribution in [0.4, 0.5) is 8.78 Å². The SMILES string of the molecule is CCC(CC1CC1)NC(C)c1ccc(F)c(F)c1. The second kappa shape index (κ2) is 5.79. The summed E-state index contributed by atoms with van der Waals surface area (Å²) < 4.78 is 26.1. The Morgan fingerprint density at radius 3 is 2.56 bits per heavy atom. The van der Waals surface area contributed by atoms with Gasteiger partial charge in [-0.25, -0.2) is 8.78 Å². The molecule has 0 radical (unpaired) electrons. The number of nitrogens with one attached hydrogen (secondary N) is 1. The van der Waals surface area contributed by atoms with Gasteiger partial charge in [-0.2, -0.15) is 0 Å². The maximum Gasteiger partial charge on any atom is 0.159 e. The van der Waals surface area contributed by atoms with E-state index in [0.717, 1.165) is 17.9 Å². The average molecular weight is 253 g/mol. The lowest BCUT2D eigenvalue weighted by atomic mass is 10.0. The second-order valence-electron chi connectivity index (χ2n) is 5.35. The smallest absolute Gasteiger partial charge is 0.159 e. The quantitative estimate of drug-likeness (QED) is 0.801. The molecule has 100 valence electrons. The average Bonchev–Trinajstić information content (AvgIpc) is 3.15. The van der Waals surface area contributed by atoms with Gasteiger partial charge in [0, 0.05) is 12.1 Å². The predicted octanol–water partition coefficient (Wildman–Crippen LogP) is 4.19. The van der Waals surface area contributed by atoms with Crippen molar-refractivity contribution < 1.29 is 8.78 Å². The summed E-state index contributed by atoms with van der Waals surface area (Å²) >= 11 is 0. The van der Waals surface area contributed by atoms with Crippen molar-refractivity contribution >= 4 is 0 Å². The van der Waals surface area contributed by atoms with Gasteiger partial charge in [-0.1, -0.05) is 25.8 Å². The molecule has 2 rings (SSSR count). The second-order valence-corrected chi connectivity index (χ2v) is 5.35. The summed E-state index contributed by atoms with van der Waals surface area (Å²) in [5.41, 5.74) is 0.808. The van der Waals surface area contributed by atoms with Crippen LogP contribution in [0.2, 0.25) is 0 Å². The van der Waals surface area contributed by atoms with Gasteiger partial charge < -0.3 is 5.32 Å². The van der Waals surface area contributed by atoms with E-state index in [2.05, 4.69) is 12.2 Å². The Hall–Kier alpha value is -0.960. The van der Waals surface area contributed by atoms with Gasteiger partial charge in [0.1, 0.15) is 0 Å². The molecular weight excluding hydrogens is 232 g/mol.